The fraction of sp³-hybridized carbons (Fsp3) is 0.300. The van der Waals surface area contributed by atoms with Crippen molar-refractivity contribution >= 4 is 28.5 Å². The number of fused-ring (bicyclic) bond motifs is 1. The van der Waals surface area contributed by atoms with Gasteiger partial charge in [-0.05, 0) is 24.4 Å². The monoisotopic (exact) mass is 235 g/mol. The number of rotatable bonds is 2. The van der Waals surface area contributed by atoms with E-state index in [-0.39, 0.29) is 5.28 Å². The van der Waals surface area contributed by atoms with E-state index >= 15 is 0 Å². The van der Waals surface area contributed by atoms with Crippen LogP contribution in [-0.2, 0) is 0 Å². The number of anilines is 1. The van der Waals surface area contributed by atoms with Crippen molar-refractivity contribution < 1.29 is 0 Å². The van der Waals surface area contributed by atoms with Crippen LogP contribution in [0.25, 0.3) is 11.0 Å². The summed E-state index contributed by atoms with van der Waals surface area (Å²) in [6.45, 7) is 0. The van der Waals surface area contributed by atoms with Crippen LogP contribution in [0.5, 0.6) is 0 Å². The van der Waals surface area contributed by atoms with E-state index in [0.717, 1.165) is 24.0 Å². The minimum atomic E-state index is 0.227. The topological polar surface area (TPSA) is 66.5 Å². The second-order valence-electron chi connectivity index (χ2n) is 3.76. The average Bonchev–Trinajstić information content (AvgIpc) is 2.87. The van der Waals surface area contributed by atoms with Gasteiger partial charge in [0.2, 0.25) is 5.28 Å². The van der Waals surface area contributed by atoms with Gasteiger partial charge in [-0.25, -0.2) is 0 Å². The highest BCUT2D eigenvalue weighted by Gasteiger charge is 2.14. The lowest BCUT2D eigenvalue weighted by atomic mass is 10.2. The lowest BCUT2D eigenvalue weighted by Gasteiger charge is -2.12. The van der Waals surface area contributed by atoms with Gasteiger partial charge in [-0.3, -0.25) is 5.10 Å². The van der Waals surface area contributed by atoms with Crippen molar-refractivity contribution in [2.75, 3.05) is 5.32 Å². The maximum Gasteiger partial charge on any atom is 0.226 e. The second kappa shape index (κ2) is 3.75. The standard InChI is InChI=1S/C10H10ClN5/c11-10-14-8(13-6-3-1-2-4-6)7-5-12-16-9(7)15-10/h1-2,5-6H,3-4H2,(H2,12,13,14,15,16). The summed E-state index contributed by atoms with van der Waals surface area (Å²) in [5, 5.41) is 11.2. The van der Waals surface area contributed by atoms with E-state index in [4.69, 9.17) is 11.6 Å². The first-order valence-electron chi connectivity index (χ1n) is 5.11. The number of halogens is 1. The summed E-state index contributed by atoms with van der Waals surface area (Å²) < 4.78 is 0. The number of hydrogen-bond acceptors (Lipinski definition) is 4. The Bertz CT molecular complexity index is 539. The van der Waals surface area contributed by atoms with E-state index in [1.807, 2.05) is 0 Å². The number of hydrogen-bond donors (Lipinski definition) is 2. The van der Waals surface area contributed by atoms with Crippen LogP contribution in [0.15, 0.2) is 18.3 Å². The highest BCUT2D eigenvalue weighted by atomic mass is 35.5. The fourth-order valence-corrected chi connectivity index (χ4v) is 2.02. The van der Waals surface area contributed by atoms with E-state index in [2.05, 4.69) is 37.6 Å². The Morgan fingerprint density at radius 3 is 2.94 bits per heavy atom. The summed E-state index contributed by atoms with van der Waals surface area (Å²) in [7, 11) is 0. The van der Waals surface area contributed by atoms with Crippen LogP contribution in [0, 0.1) is 0 Å². The summed E-state index contributed by atoms with van der Waals surface area (Å²) in [6, 6.07) is 0.393. The molecular formula is C10H10ClN5. The average molecular weight is 236 g/mol. The molecule has 0 saturated carbocycles. The molecule has 0 aromatic carbocycles. The fourth-order valence-electron chi connectivity index (χ4n) is 1.85. The molecule has 82 valence electrons. The van der Waals surface area contributed by atoms with E-state index < -0.39 is 0 Å². The van der Waals surface area contributed by atoms with E-state index in [9.17, 15) is 0 Å². The molecule has 0 saturated heterocycles. The third-order valence-corrected chi connectivity index (χ3v) is 2.80. The number of aromatic amines is 1. The Hall–Kier alpha value is -1.62. The zero-order valence-electron chi connectivity index (χ0n) is 8.44. The Labute approximate surface area is 96.9 Å². The lowest BCUT2D eigenvalue weighted by molar-refractivity contribution is 0.782. The van der Waals surface area contributed by atoms with E-state index in [1.54, 1.807) is 6.20 Å². The van der Waals surface area contributed by atoms with E-state index in [1.165, 1.54) is 0 Å². The number of nitrogens with zero attached hydrogens (tertiary/aromatic N) is 3. The van der Waals surface area contributed by atoms with Crippen LogP contribution in [0.4, 0.5) is 5.82 Å². The van der Waals surface area contributed by atoms with Gasteiger partial charge in [0, 0.05) is 6.04 Å². The van der Waals surface area contributed by atoms with Gasteiger partial charge in [-0.15, -0.1) is 0 Å². The molecule has 1 aliphatic carbocycles. The zero-order chi connectivity index (χ0) is 11.0. The molecule has 0 aliphatic heterocycles. The van der Waals surface area contributed by atoms with Gasteiger partial charge in [-0.1, -0.05) is 12.2 Å². The van der Waals surface area contributed by atoms with Crippen LogP contribution >= 0.6 is 11.6 Å². The predicted molar refractivity (Wildman–Crippen MR) is 62.5 cm³/mol. The summed E-state index contributed by atoms with van der Waals surface area (Å²) in [5.74, 6) is 0.748. The molecule has 0 spiro atoms. The Kier molecular flexibility index (Phi) is 2.25. The molecule has 2 N–H and O–H groups in total. The van der Waals surface area contributed by atoms with Gasteiger partial charge in [0.1, 0.15) is 5.82 Å². The van der Waals surface area contributed by atoms with Gasteiger partial charge in [0.15, 0.2) is 5.65 Å². The quantitative estimate of drug-likeness (QED) is 0.618. The SMILES string of the molecule is Clc1nc(NC2CC=CC2)c2cn[nH]c2n1. The van der Waals surface area contributed by atoms with Crippen molar-refractivity contribution in [2.45, 2.75) is 18.9 Å². The molecule has 0 atom stereocenters. The zero-order valence-corrected chi connectivity index (χ0v) is 9.20. The number of aromatic nitrogens is 4. The molecule has 0 radical (unpaired) electrons. The first-order valence-corrected chi connectivity index (χ1v) is 5.49. The Morgan fingerprint density at radius 2 is 2.12 bits per heavy atom. The molecule has 0 amide bonds. The van der Waals surface area contributed by atoms with Gasteiger partial charge < -0.3 is 5.32 Å². The minimum absolute atomic E-state index is 0.227. The normalized spacial score (nSPS) is 16.1. The highest BCUT2D eigenvalue weighted by molar-refractivity contribution is 6.28. The molecule has 5 nitrogen and oxygen atoms in total. The summed E-state index contributed by atoms with van der Waals surface area (Å²) in [4.78, 5) is 8.24. The molecule has 2 heterocycles. The van der Waals surface area contributed by atoms with Crippen LogP contribution < -0.4 is 5.32 Å². The maximum atomic E-state index is 5.84. The van der Waals surface area contributed by atoms with Crippen molar-refractivity contribution in [3.63, 3.8) is 0 Å². The Morgan fingerprint density at radius 1 is 1.31 bits per heavy atom. The third-order valence-electron chi connectivity index (χ3n) is 2.63. The molecule has 16 heavy (non-hydrogen) atoms. The molecule has 0 fully saturated rings. The number of nitrogens with one attached hydrogen (secondary N) is 2. The smallest absolute Gasteiger partial charge is 0.226 e. The summed E-state index contributed by atoms with van der Waals surface area (Å²) in [6.07, 6.45) is 8.05. The van der Waals surface area contributed by atoms with Crippen LogP contribution in [-0.4, -0.2) is 26.2 Å². The highest BCUT2D eigenvalue weighted by Crippen LogP contribution is 2.23. The van der Waals surface area contributed by atoms with Crippen molar-refractivity contribution in [3.8, 4) is 0 Å². The van der Waals surface area contributed by atoms with Crippen molar-refractivity contribution in [1.29, 1.82) is 0 Å². The predicted octanol–water partition coefficient (Wildman–Crippen LogP) is 2.14. The largest absolute Gasteiger partial charge is 0.366 e. The first-order chi connectivity index (χ1) is 7.83. The van der Waals surface area contributed by atoms with Crippen molar-refractivity contribution in [1.82, 2.24) is 20.2 Å². The molecule has 2 aromatic rings. The van der Waals surface area contributed by atoms with Crippen LogP contribution in [0.1, 0.15) is 12.8 Å². The summed E-state index contributed by atoms with van der Waals surface area (Å²) >= 11 is 5.84. The van der Waals surface area contributed by atoms with Crippen LogP contribution in [0.2, 0.25) is 5.28 Å². The van der Waals surface area contributed by atoms with E-state index in [0.29, 0.717) is 11.7 Å². The van der Waals surface area contributed by atoms with Gasteiger partial charge in [0.05, 0.1) is 11.6 Å². The Balaban J connectivity index is 1.97. The molecule has 3 rings (SSSR count). The van der Waals surface area contributed by atoms with Crippen molar-refractivity contribution in [2.24, 2.45) is 0 Å². The molecule has 0 bridgehead atoms. The number of H-pyrrole nitrogens is 1. The summed E-state index contributed by atoms with van der Waals surface area (Å²) in [5.41, 5.74) is 0.661. The molecule has 2 aromatic heterocycles. The van der Waals surface area contributed by atoms with Gasteiger partial charge >= 0.3 is 0 Å². The second-order valence-corrected chi connectivity index (χ2v) is 4.10. The minimum Gasteiger partial charge on any atom is -0.366 e. The lowest BCUT2D eigenvalue weighted by Crippen LogP contribution is -2.16. The molecule has 6 heteroatoms. The molecule has 0 unspecified atom stereocenters. The van der Waals surface area contributed by atoms with Crippen LogP contribution in [0.3, 0.4) is 0 Å². The van der Waals surface area contributed by atoms with Gasteiger partial charge in [0.25, 0.3) is 0 Å². The van der Waals surface area contributed by atoms with Crippen molar-refractivity contribution in [3.05, 3.63) is 23.6 Å². The molecule has 1 aliphatic rings. The molecular weight excluding hydrogens is 226 g/mol. The maximum absolute atomic E-state index is 5.84. The first kappa shape index (κ1) is 9.59. The van der Waals surface area contributed by atoms with Gasteiger partial charge in [-0.2, -0.15) is 15.1 Å². The third kappa shape index (κ3) is 1.63.